The molecule has 0 aliphatic carbocycles. The van der Waals surface area contributed by atoms with E-state index in [0.29, 0.717) is 13.2 Å². The largest absolute Gasteiger partial charge is 0.383 e. The molecule has 0 fully saturated rings. The smallest absolute Gasteiger partial charge is 0.191 e. The fourth-order valence-corrected chi connectivity index (χ4v) is 3.27. The number of guanidine groups is 1. The van der Waals surface area contributed by atoms with E-state index in [2.05, 4.69) is 72.7 Å². The van der Waals surface area contributed by atoms with Crippen molar-refractivity contribution < 1.29 is 4.74 Å². The molecule has 0 aliphatic rings. The lowest BCUT2D eigenvalue weighted by Gasteiger charge is -2.19. The van der Waals surface area contributed by atoms with E-state index in [4.69, 9.17) is 4.74 Å². The fraction of sp³-hybridized carbons (Fsp3) is 0.565. The molecule has 0 atom stereocenters. The molecule has 160 valence electrons. The molecule has 1 aromatic heterocycles. The van der Waals surface area contributed by atoms with Gasteiger partial charge in [0.15, 0.2) is 5.96 Å². The summed E-state index contributed by atoms with van der Waals surface area (Å²) >= 11 is 0. The predicted octanol–water partition coefficient (Wildman–Crippen LogP) is 3.35. The quantitative estimate of drug-likeness (QED) is 0.528. The van der Waals surface area contributed by atoms with E-state index in [0.717, 1.165) is 31.2 Å². The normalized spacial score (nSPS) is 12.3. The number of rotatable bonds is 8. The van der Waals surface area contributed by atoms with Crippen LogP contribution in [0.3, 0.4) is 0 Å². The molecule has 0 spiro atoms. The van der Waals surface area contributed by atoms with Crippen molar-refractivity contribution in [3.8, 4) is 0 Å². The maximum absolute atomic E-state index is 5.16. The number of benzene rings is 1. The second-order valence-electron chi connectivity index (χ2n) is 8.41. The summed E-state index contributed by atoms with van der Waals surface area (Å²) in [6.45, 7) is 13.8. The minimum Gasteiger partial charge on any atom is -0.383 e. The summed E-state index contributed by atoms with van der Waals surface area (Å²) in [6.07, 6.45) is 0.956. The number of aromatic nitrogens is 2. The van der Waals surface area contributed by atoms with E-state index in [1.807, 2.05) is 11.6 Å². The summed E-state index contributed by atoms with van der Waals surface area (Å²) in [7, 11) is 3.51. The van der Waals surface area contributed by atoms with Crippen molar-refractivity contribution in [2.45, 2.75) is 59.5 Å². The van der Waals surface area contributed by atoms with Crippen molar-refractivity contribution in [3.05, 3.63) is 52.3 Å². The van der Waals surface area contributed by atoms with Crippen LogP contribution in [0.25, 0.3) is 0 Å². The maximum atomic E-state index is 5.16. The third-order valence-corrected chi connectivity index (χ3v) is 5.22. The molecule has 0 aliphatic heterocycles. The number of hydrogen-bond acceptors (Lipinski definition) is 3. The topological polar surface area (TPSA) is 63.5 Å². The number of ether oxygens (including phenoxy) is 1. The van der Waals surface area contributed by atoms with Gasteiger partial charge in [0.2, 0.25) is 0 Å². The first-order valence-corrected chi connectivity index (χ1v) is 10.3. The molecule has 29 heavy (non-hydrogen) atoms. The molecular formula is C23H37N5O. The lowest BCUT2D eigenvalue weighted by Crippen LogP contribution is -2.38. The average Bonchev–Trinajstić information content (AvgIpc) is 2.95. The van der Waals surface area contributed by atoms with Crippen LogP contribution < -0.4 is 10.6 Å². The lowest BCUT2D eigenvalue weighted by atomic mass is 9.86. The number of aryl methyl sites for hydroxylation is 1. The second-order valence-corrected chi connectivity index (χ2v) is 8.41. The Labute approximate surface area is 175 Å². The number of nitrogens with one attached hydrogen (secondary N) is 2. The van der Waals surface area contributed by atoms with Gasteiger partial charge >= 0.3 is 0 Å². The fourth-order valence-electron chi connectivity index (χ4n) is 3.27. The molecule has 0 saturated carbocycles. The molecule has 6 heteroatoms. The Balaban J connectivity index is 1.85. The van der Waals surface area contributed by atoms with Crippen LogP contribution in [0, 0.1) is 13.8 Å². The number of hydrogen-bond donors (Lipinski definition) is 2. The Morgan fingerprint density at radius 1 is 1.14 bits per heavy atom. The molecular weight excluding hydrogens is 362 g/mol. The first-order chi connectivity index (χ1) is 13.8. The molecule has 0 amide bonds. The summed E-state index contributed by atoms with van der Waals surface area (Å²) in [5, 5.41) is 11.4. The molecule has 0 unspecified atom stereocenters. The molecule has 0 radical (unpaired) electrons. The van der Waals surface area contributed by atoms with Gasteiger partial charge in [-0.3, -0.25) is 9.67 Å². The van der Waals surface area contributed by atoms with Gasteiger partial charge in [-0.05, 0) is 36.8 Å². The van der Waals surface area contributed by atoms with Crippen molar-refractivity contribution >= 4 is 5.96 Å². The highest BCUT2D eigenvalue weighted by molar-refractivity contribution is 5.79. The zero-order valence-electron chi connectivity index (χ0n) is 19.1. The summed E-state index contributed by atoms with van der Waals surface area (Å²) in [4.78, 5) is 4.34. The van der Waals surface area contributed by atoms with Gasteiger partial charge in [-0.25, -0.2) is 0 Å². The second kappa shape index (κ2) is 10.4. The Morgan fingerprint density at radius 2 is 1.83 bits per heavy atom. The highest BCUT2D eigenvalue weighted by Crippen LogP contribution is 2.22. The van der Waals surface area contributed by atoms with Gasteiger partial charge in [0.25, 0.3) is 0 Å². The first-order valence-electron chi connectivity index (χ1n) is 10.3. The van der Waals surface area contributed by atoms with Crippen LogP contribution in [-0.4, -0.2) is 43.0 Å². The number of aliphatic imine (C=N–C) groups is 1. The molecule has 1 aromatic carbocycles. The maximum Gasteiger partial charge on any atom is 0.191 e. The Hall–Kier alpha value is -2.34. The molecule has 0 saturated heterocycles. The molecule has 0 bridgehead atoms. The highest BCUT2D eigenvalue weighted by Gasteiger charge is 2.13. The Kier molecular flexibility index (Phi) is 8.26. The van der Waals surface area contributed by atoms with Crippen molar-refractivity contribution in [2.75, 3.05) is 27.3 Å². The van der Waals surface area contributed by atoms with Crippen LogP contribution >= 0.6 is 0 Å². The zero-order valence-corrected chi connectivity index (χ0v) is 19.1. The molecule has 2 aromatic rings. The monoisotopic (exact) mass is 399 g/mol. The van der Waals surface area contributed by atoms with E-state index in [1.54, 1.807) is 14.2 Å². The molecule has 6 nitrogen and oxygen atoms in total. The van der Waals surface area contributed by atoms with Crippen LogP contribution in [0.5, 0.6) is 0 Å². The number of methoxy groups -OCH3 is 1. The summed E-state index contributed by atoms with van der Waals surface area (Å²) < 4.78 is 7.17. The van der Waals surface area contributed by atoms with Crippen LogP contribution in [-0.2, 0) is 29.7 Å². The average molecular weight is 400 g/mol. The van der Waals surface area contributed by atoms with Crippen molar-refractivity contribution in [1.82, 2.24) is 20.4 Å². The van der Waals surface area contributed by atoms with Crippen molar-refractivity contribution in [1.29, 1.82) is 0 Å². The minimum atomic E-state index is 0.191. The first kappa shape index (κ1) is 22.9. The van der Waals surface area contributed by atoms with E-state index in [9.17, 15) is 0 Å². The SMILES string of the molecule is CN=C(NCCc1ccc(C(C)(C)C)cc1)NCc1c(C)nn(CCOC)c1C. The van der Waals surface area contributed by atoms with Crippen molar-refractivity contribution in [2.24, 2.45) is 4.99 Å². The Morgan fingerprint density at radius 3 is 2.41 bits per heavy atom. The van der Waals surface area contributed by atoms with Crippen LogP contribution in [0.1, 0.15) is 48.8 Å². The molecule has 2 rings (SSSR count). The third-order valence-electron chi connectivity index (χ3n) is 5.22. The van der Waals surface area contributed by atoms with E-state index in [-0.39, 0.29) is 5.41 Å². The highest BCUT2D eigenvalue weighted by atomic mass is 16.5. The van der Waals surface area contributed by atoms with Crippen LogP contribution in [0.4, 0.5) is 0 Å². The predicted molar refractivity (Wildman–Crippen MR) is 121 cm³/mol. The van der Waals surface area contributed by atoms with Gasteiger partial charge in [-0.15, -0.1) is 0 Å². The van der Waals surface area contributed by atoms with E-state index in [1.165, 1.54) is 22.4 Å². The van der Waals surface area contributed by atoms with Gasteiger partial charge in [0.05, 0.1) is 18.8 Å². The minimum absolute atomic E-state index is 0.191. The molecule has 2 N–H and O–H groups in total. The summed E-state index contributed by atoms with van der Waals surface area (Å²) in [5.74, 6) is 0.805. The van der Waals surface area contributed by atoms with Gasteiger partial charge < -0.3 is 15.4 Å². The zero-order chi connectivity index (χ0) is 21.4. The van der Waals surface area contributed by atoms with Gasteiger partial charge in [-0.2, -0.15) is 5.10 Å². The third kappa shape index (κ3) is 6.60. The van der Waals surface area contributed by atoms with E-state index < -0.39 is 0 Å². The van der Waals surface area contributed by atoms with Gasteiger partial charge in [0, 0.05) is 38.5 Å². The summed E-state index contributed by atoms with van der Waals surface area (Å²) in [6, 6.07) is 8.91. The van der Waals surface area contributed by atoms with Gasteiger partial charge in [0.1, 0.15) is 0 Å². The Bertz CT molecular complexity index is 800. The van der Waals surface area contributed by atoms with Crippen LogP contribution in [0.2, 0.25) is 0 Å². The lowest BCUT2D eigenvalue weighted by molar-refractivity contribution is 0.182. The summed E-state index contributed by atoms with van der Waals surface area (Å²) in [5.41, 5.74) is 6.30. The van der Waals surface area contributed by atoms with Crippen molar-refractivity contribution in [3.63, 3.8) is 0 Å². The van der Waals surface area contributed by atoms with Gasteiger partial charge in [-0.1, -0.05) is 45.0 Å². The van der Waals surface area contributed by atoms with Crippen LogP contribution in [0.15, 0.2) is 29.3 Å². The standard InChI is InChI=1S/C23H37N5O/c1-17-21(18(2)28(27-17)14-15-29-7)16-26-22(24-6)25-13-12-19-8-10-20(11-9-19)23(3,4)5/h8-11H,12-16H2,1-7H3,(H2,24,25,26). The van der Waals surface area contributed by atoms with E-state index >= 15 is 0 Å². The molecule has 1 heterocycles. The number of nitrogens with zero attached hydrogens (tertiary/aromatic N) is 3.